The molecule has 0 aliphatic rings. The van der Waals surface area contributed by atoms with E-state index in [-0.39, 0.29) is 10.7 Å². The molecule has 5 nitrogen and oxygen atoms in total. The average Bonchev–Trinajstić information content (AvgIpc) is 2.78. The number of halogens is 1. The smallest absolute Gasteiger partial charge is 0.288 e. The number of nitro benzene ring substituents is 1. The second-order valence-corrected chi connectivity index (χ2v) is 3.88. The first-order valence-electron chi connectivity index (χ1n) is 4.97. The Kier molecular flexibility index (Phi) is 3.30. The van der Waals surface area contributed by atoms with Crippen LogP contribution in [0, 0.1) is 10.1 Å². The highest BCUT2D eigenvalue weighted by Crippen LogP contribution is 2.27. The number of hydrogen-bond acceptors (Lipinski definition) is 3. The highest BCUT2D eigenvalue weighted by Gasteiger charge is 2.11. The Balaban J connectivity index is 2.07. The Bertz CT molecular complexity index is 526. The summed E-state index contributed by atoms with van der Waals surface area (Å²) >= 11 is 5.80. The lowest BCUT2D eigenvalue weighted by Gasteiger charge is -2.05. The highest BCUT2D eigenvalue weighted by atomic mass is 35.5. The van der Waals surface area contributed by atoms with Gasteiger partial charge in [0.25, 0.3) is 5.69 Å². The van der Waals surface area contributed by atoms with Crippen LogP contribution in [0.5, 0.6) is 0 Å². The summed E-state index contributed by atoms with van der Waals surface area (Å²) in [6.45, 7) is 0.612. The normalized spacial score (nSPS) is 10.2. The third-order valence-electron chi connectivity index (χ3n) is 2.29. The van der Waals surface area contributed by atoms with Crippen LogP contribution in [0.1, 0.15) is 5.69 Å². The fraction of sp³-hybridized carbons (Fsp3) is 0.0909. The van der Waals surface area contributed by atoms with Crippen LogP contribution in [0.2, 0.25) is 5.02 Å². The fourth-order valence-electron chi connectivity index (χ4n) is 1.44. The summed E-state index contributed by atoms with van der Waals surface area (Å²) in [6.07, 6.45) is 1.83. The van der Waals surface area contributed by atoms with Gasteiger partial charge in [-0.2, -0.15) is 0 Å². The maximum Gasteiger partial charge on any atom is 0.288 e. The van der Waals surface area contributed by atoms with Gasteiger partial charge in [-0.15, -0.1) is 0 Å². The van der Waals surface area contributed by atoms with E-state index >= 15 is 0 Å². The monoisotopic (exact) mass is 251 g/mol. The largest absolute Gasteiger partial charge is 0.379 e. The number of benzene rings is 1. The third kappa shape index (κ3) is 2.76. The molecule has 2 N–H and O–H groups in total. The predicted molar refractivity (Wildman–Crippen MR) is 66.2 cm³/mol. The van der Waals surface area contributed by atoms with Gasteiger partial charge in [0.15, 0.2) is 0 Å². The molecule has 1 aromatic carbocycles. The molecule has 1 heterocycles. The van der Waals surface area contributed by atoms with Gasteiger partial charge in [0.05, 0.1) is 11.5 Å². The zero-order valence-electron chi connectivity index (χ0n) is 8.81. The molecule has 0 atom stereocenters. The van der Waals surface area contributed by atoms with Crippen molar-refractivity contribution in [3.05, 3.63) is 57.4 Å². The van der Waals surface area contributed by atoms with Gasteiger partial charge in [0, 0.05) is 23.6 Å². The van der Waals surface area contributed by atoms with Crippen LogP contribution in [0.15, 0.2) is 36.5 Å². The molecule has 0 aliphatic carbocycles. The van der Waals surface area contributed by atoms with Gasteiger partial charge in [-0.05, 0) is 24.3 Å². The van der Waals surface area contributed by atoms with Crippen LogP contribution < -0.4 is 5.32 Å². The van der Waals surface area contributed by atoms with Crippen molar-refractivity contribution in [1.29, 1.82) is 0 Å². The minimum atomic E-state index is -0.503. The van der Waals surface area contributed by atoms with Gasteiger partial charge in [0.2, 0.25) is 0 Å². The predicted octanol–water partition coefficient (Wildman–Crippen LogP) is 3.19. The van der Waals surface area contributed by atoms with Crippen molar-refractivity contribution in [2.45, 2.75) is 6.54 Å². The van der Waals surface area contributed by atoms with Gasteiger partial charge >= 0.3 is 0 Å². The molecule has 0 saturated heterocycles. The molecule has 0 amide bonds. The number of nitrogens with zero attached hydrogens (tertiary/aromatic N) is 1. The molecule has 0 spiro atoms. The van der Waals surface area contributed by atoms with E-state index in [2.05, 4.69) is 10.3 Å². The topological polar surface area (TPSA) is 71.0 Å². The van der Waals surface area contributed by atoms with E-state index in [0.29, 0.717) is 6.54 Å². The third-order valence-corrected chi connectivity index (χ3v) is 2.59. The number of hydrogen-bond donors (Lipinski definition) is 2. The van der Waals surface area contributed by atoms with Gasteiger partial charge in [-0.3, -0.25) is 10.1 Å². The molecule has 0 unspecified atom stereocenters. The fourth-order valence-corrected chi connectivity index (χ4v) is 1.69. The molecular weight excluding hydrogens is 242 g/mol. The lowest BCUT2D eigenvalue weighted by molar-refractivity contribution is -0.384. The number of anilines is 1. The summed E-state index contributed by atoms with van der Waals surface area (Å²) in [6, 6.07) is 8.41. The molecule has 17 heavy (non-hydrogen) atoms. The molecule has 2 rings (SSSR count). The molecule has 2 aromatic rings. The van der Waals surface area contributed by atoms with Crippen LogP contribution in [0.4, 0.5) is 11.4 Å². The average molecular weight is 252 g/mol. The number of aromatic amines is 1. The van der Waals surface area contributed by atoms with Crippen LogP contribution in [0.3, 0.4) is 0 Å². The summed E-state index contributed by atoms with van der Waals surface area (Å²) in [5.41, 5.74) is 1.69. The Morgan fingerprint density at radius 2 is 2.24 bits per heavy atom. The van der Waals surface area contributed by atoms with Crippen molar-refractivity contribution in [1.82, 2.24) is 4.98 Å². The second-order valence-electron chi connectivity index (χ2n) is 3.47. The number of rotatable bonds is 4. The maximum atomic E-state index is 10.6. The minimum Gasteiger partial charge on any atom is -0.379 e. The van der Waals surface area contributed by atoms with E-state index in [1.54, 1.807) is 12.1 Å². The van der Waals surface area contributed by atoms with Crippen molar-refractivity contribution < 1.29 is 4.92 Å². The summed E-state index contributed by atoms with van der Waals surface area (Å²) in [5, 5.41) is 13.8. The SMILES string of the molecule is O=[N+]([O-])c1ccc(NCc2ccc[nH]2)cc1Cl. The summed E-state index contributed by atoms with van der Waals surface area (Å²) in [7, 11) is 0. The Morgan fingerprint density at radius 1 is 1.41 bits per heavy atom. The van der Waals surface area contributed by atoms with Crippen molar-refractivity contribution in [3.8, 4) is 0 Å². The van der Waals surface area contributed by atoms with Crippen molar-refractivity contribution in [2.75, 3.05) is 5.32 Å². The van der Waals surface area contributed by atoms with Crippen LogP contribution in [-0.4, -0.2) is 9.91 Å². The van der Waals surface area contributed by atoms with Gasteiger partial charge in [-0.25, -0.2) is 0 Å². The summed E-state index contributed by atoms with van der Waals surface area (Å²) < 4.78 is 0. The lowest BCUT2D eigenvalue weighted by Crippen LogP contribution is -2.00. The molecule has 6 heteroatoms. The van der Waals surface area contributed by atoms with Crippen molar-refractivity contribution >= 4 is 23.0 Å². The first-order valence-corrected chi connectivity index (χ1v) is 5.34. The Hall–Kier alpha value is -2.01. The standard InChI is InChI=1S/C11H10ClN3O2/c12-10-6-8(3-4-11(10)15(16)17)14-7-9-2-1-5-13-9/h1-6,13-14H,7H2. The number of aromatic nitrogens is 1. The molecule has 0 aliphatic heterocycles. The van der Waals surface area contributed by atoms with E-state index < -0.39 is 4.92 Å². The number of nitro groups is 1. The van der Waals surface area contributed by atoms with Crippen LogP contribution >= 0.6 is 11.6 Å². The second kappa shape index (κ2) is 4.88. The molecule has 0 fully saturated rings. The van der Waals surface area contributed by atoms with E-state index in [0.717, 1.165) is 11.4 Å². The first-order chi connectivity index (χ1) is 8.16. The zero-order chi connectivity index (χ0) is 12.3. The summed E-state index contributed by atoms with van der Waals surface area (Å²) in [4.78, 5) is 13.1. The molecule has 0 saturated carbocycles. The van der Waals surface area contributed by atoms with Crippen LogP contribution in [-0.2, 0) is 6.54 Å². The minimum absolute atomic E-state index is 0.0860. The zero-order valence-corrected chi connectivity index (χ0v) is 9.57. The molecule has 0 radical (unpaired) electrons. The summed E-state index contributed by atoms with van der Waals surface area (Å²) in [5.74, 6) is 0. The van der Waals surface area contributed by atoms with Crippen molar-refractivity contribution in [2.24, 2.45) is 0 Å². The lowest BCUT2D eigenvalue weighted by atomic mass is 10.2. The van der Waals surface area contributed by atoms with Crippen LogP contribution in [0.25, 0.3) is 0 Å². The molecule has 88 valence electrons. The number of H-pyrrole nitrogens is 1. The molecular formula is C11H10ClN3O2. The van der Waals surface area contributed by atoms with Crippen molar-refractivity contribution in [3.63, 3.8) is 0 Å². The van der Waals surface area contributed by atoms with Gasteiger partial charge in [-0.1, -0.05) is 11.6 Å². The molecule has 1 aromatic heterocycles. The van der Waals surface area contributed by atoms with E-state index in [1.165, 1.54) is 6.07 Å². The van der Waals surface area contributed by atoms with Gasteiger partial charge in [0.1, 0.15) is 5.02 Å². The first kappa shape index (κ1) is 11.5. The highest BCUT2D eigenvalue weighted by molar-refractivity contribution is 6.32. The van der Waals surface area contributed by atoms with E-state index in [1.807, 2.05) is 18.3 Å². The quantitative estimate of drug-likeness (QED) is 0.648. The maximum absolute atomic E-state index is 10.6. The van der Waals surface area contributed by atoms with E-state index in [4.69, 9.17) is 11.6 Å². The Labute approximate surface area is 103 Å². The van der Waals surface area contributed by atoms with E-state index in [9.17, 15) is 10.1 Å². The number of nitrogens with one attached hydrogen (secondary N) is 2. The molecule has 0 bridgehead atoms. The Morgan fingerprint density at radius 3 is 2.82 bits per heavy atom. The van der Waals surface area contributed by atoms with Gasteiger partial charge < -0.3 is 10.3 Å².